The van der Waals surface area contributed by atoms with E-state index in [1.165, 1.54) is 16.7 Å². The summed E-state index contributed by atoms with van der Waals surface area (Å²) in [5.41, 5.74) is 6.72. The summed E-state index contributed by atoms with van der Waals surface area (Å²) in [6, 6.07) is 18.7. The highest BCUT2D eigenvalue weighted by Crippen LogP contribution is 2.37. The van der Waals surface area contributed by atoms with Gasteiger partial charge in [-0.3, -0.25) is 0 Å². The maximum absolute atomic E-state index is 11.0. The standard InChI is InChI=1S/C27H22O4/c1-30-24-15-19(16-25(17-24)31-2)14-23-13-12-21-5-3-4-20(26(21)23)9-6-18-7-10-22(11-8-18)27(28)29/h3-5,7-8,10-11,14-17H,12-13H2,1-2H3,(H,28,29). The molecule has 0 bridgehead atoms. The fourth-order valence-electron chi connectivity index (χ4n) is 3.78. The molecule has 1 aliphatic rings. The second-order valence-electron chi connectivity index (χ2n) is 7.29. The first-order valence-corrected chi connectivity index (χ1v) is 9.98. The van der Waals surface area contributed by atoms with Crippen molar-refractivity contribution in [1.82, 2.24) is 0 Å². The zero-order valence-electron chi connectivity index (χ0n) is 17.4. The van der Waals surface area contributed by atoms with E-state index in [9.17, 15) is 4.79 Å². The third-order valence-electron chi connectivity index (χ3n) is 5.32. The first-order valence-electron chi connectivity index (χ1n) is 9.98. The van der Waals surface area contributed by atoms with Gasteiger partial charge in [0.15, 0.2) is 0 Å². The van der Waals surface area contributed by atoms with Gasteiger partial charge in [-0.25, -0.2) is 4.79 Å². The molecule has 0 saturated carbocycles. The predicted molar refractivity (Wildman–Crippen MR) is 122 cm³/mol. The number of carboxylic acids is 1. The van der Waals surface area contributed by atoms with Gasteiger partial charge in [-0.2, -0.15) is 0 Å². The minimum atomic E-state index is -0.940. The topological polar surface area (TPSA) is 55.8 Å². The van der Waals surface area contributed by atoms with Gasteiger partial charge in [-0.05, 0) is 77.6 Å². The molecular weight excluding hydrogens is 388 g/mol. The summed E-state index contributed by atoms with van der Waals surface area (Å²) in [5, 5.41) is 9.05. The van der Waals surface area contributed by atoms with Crippen LogP contribution in [0.4, 0.5) is 0 Å². The molecule has 0 unspecified atom stereocenters. The van der Waals surface area contributed by atoms with Crippen molar-refractivity contribution in [2.75, 3.05) is 14.2 Å². The zero-order chi connectivity index (χ0) is 21.8. The van der Waals surface area contributed by atoms with Gasteiger partial charge in [0.05, 0.1) is 19.8 Å². The van der Waals surface area contributed by atoms with Crippen molar-refractivity contribution >= 4 is 17.6 Å². The van der Waals surface area contributed by atoms with Crippen molar-refractivity contribution in [1.29, 1.82) is 0 Å². The summed E-state index contributed by atoms with van der Waals surface area (Å²) in [6.07, 6.45) is 4.09. The molecule has 3 aromatic carbocycles. The fourth-order valence-corrected chi connectivity index (χ4v) is 3.78. The van der Waals surface area contributed by atoms with Crippen LogP contribution in [0, 0.1) is 11.8 Å². The molecule has 0 aliphatic heterocycles. The molecule has 1 N–H and O–H groups in total. The van der Waals surface area contributed by atoms with Crippen molar-refractivity contribution in [2.24, 2.45) is 0 Å². The molecule has 0 spiro atoms. The molecule has 0 radical (unpaired) electrons. The van der Waals surface area contributed by atoms with E-state index in [1.807, 2.05) is 30.3 Å². The molecule has 4 heteroatoms. The minimum absolute atomic E-state index is 0.255. The Labute approximate surface area is 181 Å². The number of fused-ring (bicyclic) bond motifs is 1. The number of benzene rings is 3. The van der Waals surface area contributed by atoms with Gasteiger partial charge in [-0.1, -0.05) is 30.0 Å². The van der Waals surface area contributed by atoms with E-state index in [-0.39, 0.29) is 5.56 Å². The molecule has 3 aromatic rings. The predicted octanol–water partition coefficient (Wildman–Crippen LogP) is 5.29. The van der Waals surface area contributed by atoms with Crippen LogP contribution in [-0.4, -0.2) is 25.3 Å². The van der Waals surface area contributed by atoms with Crippen molar-refractivity contribution in [3.63, 3.8) is 0 Å². The van der Waals surface area contributed by atoms with E-state index in [0.717, 1.165) is 41.0 Å². The first-order chi connectivity index (χ1) is 15.1. The Morgan fingerprint density at radius 3 is 2.29 bits per heavy atom. The zero-order valence-corrected chi connectivity index (χ0v) is 17.4. The molecule has 0 saturated heterocycles. The van der Waals surface area contributed by atoms with Gasteiger partial charge in [0, 0.05) is 17.2 Å². The van der Waals surface area contributed by atoms with Crippen LogP contribution in [-0.2, 0) is 6.42 Å². The number of allylic oxidation sites excluding steroid dienone is 1. The Kier molecular flexibility index (Phi) is 5.77. The summed E-state index contributed by atoms with van der Waals surface area (Å²) in [7, 11) is 3.29. The summed E-state index contributed by atoms with van der Waals surface area (Å²) in [4.78, 5) is 11.0. The number of aryl methyl sites for hydroxylation is 1. The van der Waals surface area contributed by atoms with Gasteiger partial charge < -0.3 is 14.6 Å². The molecule has 0 heterocycles. The highest BCUT2D eigenvalue weighted by atomic mass is 16.5. The van der Waals surface area contributed by atoms with Gasteiger partial charge in [0.25, 0.3) is 0 Å². The molecule has 0 amide bonds. The highest BCUT2D eigenvalue weighted by Gasteiger charge is 2.19. The number of ether oxygens (including phenoxy) is 2. The highest BCUT2D eigenvalue weighted by molar-refractivity contribution is 5.89. The van der Waals surface area contributed by atoms with Gasteiger partial charge in [-0.15, -0.1) is 0 Å². The van der Waals surface area contributed by atoms with E-state index in [2.05, 4.69) is 24.0 Å². The number of carbonyl (C=O) groups is 1. The van der Waals surface area contributed by atoms with E-state index in [1.54, 1.807) is 38.5 Å². The summed E-state index contributed by atoms with van der Waals surface area (Å²) >= 11 is 0. The summed E-state index contributed by atoms with van der Waals surface area (Å²) in [6.45, 7) is 0. The van der Waals surface area contributed by atoms with E-state index < -0.39 is 5.97 Å². The smallest absolute Gasteiger partial charge is 0.335 e. The lowest BCUT2D eigenvalue weighted by molar-refractivity contribution is 0.0697. The molecule has 0 fully saturated rings. The Balaban J connectivity index is 1.71. The minimum Gasteiger partial charge on any atom is -0.497 e. The van der Waals surface area contributed by atoms with Crippen molar-refractivity contribution < 1.29 is 19.4 Å². The summed E-state index contributed by atoms with van der Waals surface area (Å²) < 4.78 is 10.8. The third-order valence-corrected chi connectivity index (χ3v) is 5.32. The van der Waals surface area contributed by atoms with E-state index in [0.29, 0.717) is 0 Å². The molecule has 4 nitrogen and oxygen atoms in total. The van der Waals surface area contributed by atoms with E-state index >= 15 is 0 Å². The van der Waals surface area contributed by atoms with Crippen LogP contribution in [0.15, 0.2) is 60.7 Å². The Bertz CT molecular complexity index is 1200. The molecule has 1 aliphatic carbocycles. The number of rotatable bonds is 4. The van der Waals surface area contributed by atoms with Crippen LogP contribution in [0.5, 0.6) is 11.5 Å². The van der Waals surface area contributed by atoms with Gasteiger partial charge in [0.2, 0.25) is 0 Å². The Morgan fingerprint density at radius 2 is 1.65 bits per heavy atom. The average Bonchev–Trinajstić information content (AvgIpc) is 3.21. The van der Waals surface area contributed by atoms with Gasteiger partial charge in [0.1, 0.15) is 11.5 Å². The lowest BCUT2D eigenvalue weighted by Crippen LogP contribution is -1.95. The van der Waals surface area contributed by atoms with Crippen LogP contribution in [0.25, 0.3) is 11.6 Å². The van der Waals surface area contributed by atoms with Crippen LogP contribution in [0.2, 0.25) is 0 Å². The molecule has 31 heavy (non-hydrogen) atoms. The van der Waals surface area contributed by atoms with E-state index in [4.69, 9.17) is 14.6 Å². The third kappa shape index (κ3) is 4.46. The summed E-state index contributed by atoms with van der Waals surface area (Å²) in [5.74, 6) is 7.01. The normalized spacial score (nSPS) is 13.3. The van der Waals surface area contributed by atoms with Crippen LogP contribution in [0.3, 0.4) is 0 Å². The number of methoxy groups -OCH3 is 2. The van der Waals surface area contributed by atoms with Crippen molar-refractivity contribution in [2.45, 2.75) is 12.8 Å². The Morgan fingerprint density at radius 1 is 0.935 bits per heavy atom. The molecule has 4 rings (SSSR count). The lowest BCUT2D eigenvalue weighted by atomic mass is 9.98. The van der Waals surface area contributed by atoms with Crippen LogP contribution >= 0.6 is 0 Å². The first kappa shape index (κ1) is 20.3. The maximum Gasteiger partial charge on any atom is 0.335 e. The largest absolute Gasteiger partial charge is 0.497 e. The fraction of sp³-hybridized carbons (Fsp3) is 0.148. The van der Waals surface area contributed by atoms with Crippen LogP contribution in [0.1, 0.15) is 44.6 Å². The average molecular weight is 410 g/mol. The second kappa shape index (κ2) is 8.81. The monoisotopic (exact) mass is 410 g/mol. The maximum atomic E-state index is 11.0. The molecular formula is C27H22O4. The number of hydrogen-bond acceptors (Lipinski definition) is 3. The number of carboxylic acid groups (broad SMARTS) is 1. The molecule has 154 valence electrons. The van der Waals surface area contributed by atoms with Crippen molar-refractivity contribution in [3.8, 4) is 23.3 Å². The lowest BCUT2D eigenvalue weighted by Gasteiger charge is -2.08. The van der Waals surface area contributed by atoms with Crippen molar-refractivity contribution in [3.05, 3.63) is 94.0 Å². The second-order valence-corrected chi connectivity index (χ2v) is 7.29. The van der Waals surface area contributed by atoms with Gasteiger partial charge >= 0.3 is 5.97 Å². The quantitative estimate of drug-likeness (QED) is 0.594. The number of aromatic carboxylic acids is 1. The molecule has 0 atom stereocenters. The number of hydrogen-bond donors (Lipinski definition) is 1. The Hall–Kier alpha value is -3.97. The molecule has 0 aromatic heterocycles. The SMILES string of the molecule is COc1cc(C=C2CCc3cccc(C#Cc4ccc(C(=O)O)cc4)c32)cc(OC)c1. The van der Waals surface area contributed by atoms with Crippen LogP contribution < -0.4 is 9.47 Å².